The fraction of sp³-hybridized carbons (Fsp3) is 0.316. The van der Waals surface area contributed by atoms with Crippen LogP contribution in [0, 0.1) is 5.92 Å². The number of carboxylic acid groups (broad SMARTS) is 1. The van der Waals surface area contributed by atoms with Crippen LogP contribution in [0.2, 0.25) is 5.02 Å². The number of nitrogens with one attached hydrogen (secondary N) is 1. The van der Waals surface area contributed by atoms with Crippen LogP contribution in [0.15, 0.2) is 48.5 Å². The normalized spacial score (nSPS) is 11.9. The molecule has 0 aliphatic rings. The molecule has 0 aliphatic carbocycles. The van der Waals surface area contributed by atoms with Crippen molar-refractivity contribution in [1.29, 1.82) is 0 Å². The Morgan fingerprint density at radius 2 is 1.92 bits per heavy atom. The Morgan fingerprint density at radius 1 is 1.21 bits per heavy atom. The third-order valence-electron chi connectivity index (χ3n) is 3.63. The number of ether oxygens (including phenoxy) is 1. The lowest BCUT2D eigenvalue weighted by atomic mass is 10.0. The monoisotopic (exact) mass is 347 g/mol. The number of hydrogen-bond acceptors (Lipinski definition) is 3. The third kappa shape index (κ3) is 6.22. The number of rotatable bonds is 9. The highest BCUT2D eigenvalue weighted by Crippen LogP contribution is 2.19. The van der Waals surface area contributed by atoms with E-state index >= 15 is 0 Å². The summed E-state index contributed by atoms with van der Waals surface area (Å²) in [4.78, 5) is 10.5. The molecule has 4 nitrogen and oxygen atoms in total. The van der Waals surface area contributed by atoms with Gasteiger partial charge in [0.25, 0.3) is 0 Å². The molecule has 0 fully saturated rings. The van der Waals surface area contributed by atoms with Gasteiger partial charge in [-0.3, -0.25) is 4.79 Å². The summed E-state index contributed by atoms with van der Waals surface area (Å²) in [6.07, 6.45) is 0.886. The van der Waals surface area contributed by atoms with Crippen molar-refractivity contribution in [2.75, 3.05) is 13.1 Å². The van der Waals surface area contributed by atoms with Crippen molar-refractivity contribution in [3.05, 3.63) is 64.7 Å². The van der Waals surface area contributed by atoms with E-state index in [1.165, 1.54) is 5.56 Å². The second-order valence-electron chi connectivity index (χ2n) is 5.86. The van der Waals surface area contributed by atoms with Gasteiger partial charge in [0.15, 0.2) is 0 Å². The summed E-state index contributed by atoms with van der Waals surface area (Å²) >= 11 is 6.11. The zero-order chi connectivity index (χ0) is 17.4. The van der Waals surface area contributed by atoms with Gasteiger partial charge in [-0.1, -0.05) is 48.9 Å². The summed E-state index contributed by atoms with van der Waals surface area (Å²) in [5.74, 6) is 0.330. The number of hydrogen-bond donors (Lipinski definition) is 2. The van der Waals surface area contributed by atoms with E-state index in [1.54, 1.807) is 0 Å². The van der Waals surface area contributed by atoms with Crippen LogP contribution in [0.5, 0.6) is 5.75 Å². The van der Waals surface area contributed by atoms with Crippen LogP contribution in [0.4, 0.5) is 0 Å². The van der Waals surface area contributed by atoms with E-state index < -0.39 is 5.97 Å². The van der Waals surface area contributed by atoms with Crippen LogP contribution in [-0.2, 0) is 17.8 Å². The molecule has 2 N–H and O–H groups in total. The molecule has 2 aromatic carbocycles. The molecule has 2 rings (SSSR count). The predicted octanol–water partition coefficient (Wildman–Crippen LogP) is 3.77. The summed E-state index contributed by atoms with van der Waals surface area (Å²) < 4.78 is 5.76. The fourth-order valence-corrected chi connectivity index (χ4v) is 2.59. The molecular formula is C19H22ClNO3. The molecule has 0 amide bonds. The highest BCUT2D eigenvalue weighted by Gasteiger charge is 2.06. The quantitative estimate of drug-likeness (QED) is 0.725. The molecule has 0 aliphatic heterocycles. The van der Waals surface area contributed by atoms with E-state index in [0.29, 0.717) is 24.1 Å². The first kappa shape index (κ1) is 18.3. The van der Waals surface area contributed by atoms with Crippen molar-refractivity contribution in [3.63, 3.8) is 0 Å². The van der Waals surface area contributed by atoms with Gasteiger partial charge in [0, 0.05) is 10.6 Å². The average Bonchev–Trinajstić information content (AvgIpc) is 2.55. The molecule has 0 saturated carbocycles. The first-order valence-corrected chi connectivity index (χ1v) is 8.30. The smallest absolute Gasteiger partial charge is 0.317 e. The molecule has 0 saturated heterocycles. The Balaban J connectivity index is 1.80. The molecule has 0 radical (unpaired) electrons. The molecule has 0 spiro atoms. The van der Waals surface area contributed by atoms with Gasteiger partial charge in [-0.15, -0.1) is 0 Å². The highest BCUT2D eigenvalue weighted by atomic mass is 35.5. The minimum absolute atomic E-state index is 0.000830. The Morgan fingerprint density at radius 3 is 2.58 bits per heavy atom. The predicted molar refractivity (Wildman–Crippen MR) is 95.6 cm³/mol. The lowest BCUT2D eigenvalue weighted by Gasteiger charge is -2.12. The van der Waals surface area contributed by atoms with Gasteiger partial charge >= 0.3 is 5.97 Å². The Hall–Kier alpha value is -2.04. The van der Waals surface area contributed by atoms with Crippen molar-refractivity contribution in [3.8, 4) is 5.75 Å². The summed E-state index contributed by atoms with van der Waals surface area (Å²) in [6.45, 7) is 3.21. The Kier molecular flexibility index (Phi) is 7.09. The van der Waals surface area contributed by atoms with Gasteiger partial charge in [0.1, 0.15) is 12.4 Å². The van der Waals surface area contributed by atoms with Crippen molar-refractivity contribution in [2.24, 2.45) is 5.92 Å². The van der Waals surface area contributed by atoms with Crippen LogP contribution < -0.4 is 10.1 Å². The van der Waals surface area contributed by atoms with Crippen LogP contribution in [0.1, 0.15) is 18.1 Å². The first-order chi connectivity index (χ1) is 11.5. The maximum absolute atomic E-state index is 10.5. The fourth-order valence-electron chi connectivity index (χ4n) is 2.40. The van der Waals surface area contributed by atoms with Crippen molar-refractivity contribution in [1.82, 2.24) is 5.32 Å². The number of halogens is 1. The lowest BCUT2D eigenvalue weighted by Crippen LogP contribution is -2.27. The standard InChI is InChI=1S/C19H22ClNO3/c1-14(11-21-12-19(22)23)10-15-6-8-17(9-7-15)24-13-16-4-2-3-5-18(16)20/h2-9,14,21H,10-13H2,1H3,(H,22,23). The van der Waals surface area contributed by atoms with E-state index in [0.717, 1.165) is 17.7 Å². The topological polar surface area (TPSA) is 58.6 Å². The molecule has 24 heavy (non-hydrogen) atoms. The molecule has 2 aromatic rings. The van der Waals surface area contributed by atoms with E-state index in [9.17, 15) is 4.79 Å². The number of benzene rings is 2. The molecule has 1 unspecified atom stereocenters. The maximum Gasteiger partial charge on any atom is 0.317 e. The molecule has 5 heteroatoms. The lowest BCUT2D eigenvalue weighted by molar-refractivity contribution is -0.135. The van der Waals surface area contributed by atoms with Gasteiger partial charge < -0.3 is 15.2 Å². The van der Waals surface area contributed by atoms with Crippen LogP contribution in [-0.4, -0.2) is 24.2 Å². The van der Waals surface area contributed by atoms with E-state index in [2.05, 4.69) is 12.2 Å². The van der Waals surface area contributed by atoms with Gasteiger partial charge in [-0.05, 0) is 42.6 Å². The zero-order valence-electron chi connectivity index (χ0n) is 13.7. The summed E-state index contributed by atoms with van der Waals surface area (Å²) in [5.41, 5.74) is 2.16. The van der Waals surface area contributed by atoms with Crippen molar-refractivity contribution < 1.29 is 14.6 Å². The second-order valence-corrected chi connectivity index (χ2v) is 6.27. The van der Waals surface area contributed by atoms with E-state index in [-0.39, 0.29) is 6.54 Å². The van der Waals surface area contributed by atoms with E-state index in [1.807, 2.05) is 48.5 Å². The Labute approximate surface area is 147 Å². The zero-order valence-corrected chi connectivity index (χ0v) is 14.4. The SMILES string of the molecule is CC(CNCC(=O)O)Cc1ccc(OCc2ccccc2Cl)cc1. The maximum atomic E-state index is 10.5. The van der Waals surface area contributed by atoms with Gasteiger partial charge in [-0.25, -0.2) is 0 Å². The molecule has 0 heterocycles. The minimum Gasteiger partial charge on any atom is -0.489 e. The molecule has 0 bridgehead atoms. The number of aliphatic carboxylic acids is 1. The van der Waals surface area contributed by atoms with Crippen LogP contribution in [0.3, 0.4) is 0 Å². The van der Waals surface area contributed by atoms with Crippen molar-refractivity contribution >= 4 is 17.6 Å². The van der Waals surface area contributed by atoms with Crippen molar-refractivity contribution in [2.45, 2.75) is 20.0 Å². The Bertz CT molecular complexity index is 658. The average molecular weight is 348 g/mol. The number of carbonyl (C=O) groups is 1. The first-order valence-electron chi connectivity index (χ1n) is 7.92. The third-order valence-corrected chi connectivity index (χ3v) is 4.00. The van der Waals surface area contributed by atoms with Crippen LogP contribution in [0.25, 0.3) is 0 Å². The minimum atomic E-state index is -0.831. The second kappa shape index (κ2) is 9.30. The summed E-state index contributed by atoms with van der Waals surface area (Å²) in [6, 6.07) is 15.6. The van der Waals surface area contributed by atoms with Gasteiger partial charge in [0.05, 0.1) is 6.54 Å². The molecular weight excluding hydrogens is 326 g/mol. The summed E-state index contributed by atoms with van der Waals surface area (Å²) in [5, 5.41) is 12.2. The van der Waals surface area contributed by atoms with Crippen LogP contribution >= 0.6 is 11.6 Å². The number of carboxylic acids is 1. The van der Waals surface area contributed by atoms with E-state index in [4.69, 9.17) is 21.4 Å². The van der Waals surface area contributed by atoms with Gasteiger partial charge in [-0.2, -0.15) is 0 Å². The molecule has 0 aromatic heterocycles. The largest absolute Gasteiger partial charge is 0.489 e. The molecule has 1 atom stereocenters. The molecule has 128 valence electrons. The summed E-state index contributed by atoms with van der Waals surface area (Å²) in [7, 11) is 0. The van der Waals surface area contributed by atoms with Gasteiger partial charge in [0.2, 0.25) is 0 Å². The highest BCUT2D eigenvalue weighted by molar-refractivity contribution is 6.31.